The zero-order chi connectivity index (χ0) is 14.7. The van der Waals surface area contributed by atoms with Gasteiger partial charge in [0.15, 0.2) is 0 Å². The summed E-state index contributed by atoms with van der Waals surface area (Å²) in [5, 5.41) is 9.61. The topological polar surface area (TPSA) is 39.1 Å². The Bertz CT molecular complexity index is 605. The van der Waals surface area contributed by atoms with Gasteiger partial charge < -0.3 is 10.1 Å². The summed E-state index contributed by atoms with van der Waals surface area (Å²) in [5.74, 6) is 0.614. The lowest BCUT2D eigenvalue weighted by Crippen LogP contribution is -2.50. The highest BCUT2D eigenvalue weighted by Crippen LogP contribution is 2.24. The van der Waals surface area contributed by atoms with Gasteiger partial charge in [0.25, 0.3) is 0 Å². The highest BCUT2D eigenvalue weighted by Gasteiger charge is 2.31. The van der Waals surface area contributed by atoms with Crippen LogP contribution in [0.1, 0.15) is 25.5 Å². The maximum atomic E-state index is 6.21. The van der Waals surface area contributed by atoms with Crippen molar-refractivity contribution in [3.8, 4) is 0 Å². The Balaban J connectivity index is 1.81. The third-order valence-electron chi connectivity index (χ3n) is 4.37. The second-order valence-corrected chi connectivity index (χ2v) is 5.93. The number of hydrogen-bond donors (Lipinski definition) is 1. The number of para-hydroxylation sites is 1. The van der Waals surface area contributed by atoms with Gasteiger partial charge in [0.05, 0.1) is 11.2 Å². The average molecular weight is 308 g/mol. The third kappa shape index (κ3) is 2.93. The second-order valence-electron chi connectivity index (χ2n) is 5.66. The minimum Gasteiger partial charge on any atom is -0.381 e. The van der Waals surface area contributed by atoms with Crippen molar-refractivity contribution in [2.24, 2.45) is 0 Å². The molecule has 3 rings (SSSR count). The summed E-state index contributed by atoms with van der Waals surface area (Å²) in [4.78, 5) is 0. The van der Waals surface area contributed by atoms with Crippen molar-refractivity contribution in [2.75, 3.05) is 19.1 Å². The maximum absolute atomic E-state index is 6.21. The first-order valence-corrected chi connectivity index (χ1v) is 8.14. The van der Waals surface area contributed by atoms with Gasteiger partial charge >= 0.3 is 0 Å². The molecule has 0 unspecified atom stereocenters. The molecule has 1 N–H and O–H groups in total. The van der Waals surface area contributed by atoms with E-state index in [9.17, 15) is 0 Å². The number of aromatic nitrogens is 2. The summed E-state index contributed by atoms with van der Waals surface area (Å²) in [6.07, 6.45) is 1.92. The van der Waals surface area contributed by atoms with E-state index in [1.807, 2.05) is 0 Å². The van der Waals surface area contributed by atoms with Crippen LogP contribution >= 0.6 is 11.6 Å². The molecule has 2 aromatic rings. The fourth-order valence-corrected chi connectivity index (χ4v) is 3.32. The standard InChI is InChI=1S/C16H22ClN3O/c1-2-20-15-6-4-3-5-13(15)14(19-20)11-18-16(12-17)7-9-21-10-8-16/h3-6,18H,2,7-12H2,1H3. The van der Waals surface area contributed by atoms with Gasteiger partial charge in [-0.15, -0.1) is 11.6 Å². The van der Waals surface area contributed by atoms with Gasteiger partial charge in [0.1, 0.15) is 0 Å². The summed E-state index contributed by atoms with van der Waals surface area (Å²) in [6, 6.07) is 8.40. The van der Waals surface area contributed by atoms with Gasteiger partial charge in [-0.25, -0.2) is 0 Å². The smallest absolute Gasteiger partial charge is 0.0841 e. The Kier molecular flexibility index (Phi) is 4.48. The quantitative estimate of drug-likeness (QED) is 0.863. The van der Waals surface area contributed by atoms with Gasteiger partial charge in [-0.05, 0) is 25.8 Å². The normalized spacial score (nSPS) is 18.2. The largest absolute Gasteiger partial charge is 0.381 e. The van der Waals surface area contributed by atoms with Gasteiger partial charge in [0, 0.05) is 43.1 Å². The molecule has 1 aliphatic heterocycles. The lowest BCUT2D eigenvalue weighted by Gasteiger charge is -2.36. The van der Waals surface area contributed by atoms with E-state index in [0.717, 1.165) is 44.8 Å². The van der Waals surface area contributed by atoms with E-state index in [1.54, 1.807) is 0 Å². The van der Waals surface area contributed by atoms with E-state index in [4.69, 9.17) is 21.4 Å². The van der Waals surface area contributed by atoms with Crippen LogP contribution in [0.4, 0.5) is 0 Å². The van der Waals surface area contributed by atoms with Gasteiger partial charge in [0.2, 0.25) is 0 Å². The highest BCUT2D eigenvalue weighted by molar-refractivity contribution is 6.18. The minimum absolute atomic E-state index is 0.0170. The number of aryl methyl sites for hydroxylation is 1. The molecule has 1 aromatic heterocycles. The Morgan fingerprint density at radius 2 is 2.10 bits per heavy atom. The second kappa shape index (κ2) is 6.34. The first kappa shape index (κ1) is 14.8. The van der Waals surface area contributed by atoms with Crippen LogP contribution in [0.3, 0.4) is 0 Å². The molecule has 0 aliphatic carbocycles. The summed E-state index contributed by atoms with van der Waals surface area (Å²) in [7, 11) is 0. The van der Waals surface area contributed by atoms with Crippen molar-refractivity contribution in [3.63, 3.8) is 0 Å². The first-order chi connectivity index (χ1) is 10.3. The van der Waals surface area contributed by atoms with Crippen molar-refractivity contribution in [3.05, 3.63) is 30.0 Å². The summed E-state index contributed by atoms with van der Waals surface area (Å²) >= 11 is 6.21. The molecular weight excluding hydrogens is 286 g/mol. The van der Waals surface area contributed by atoms with Crippen LogP contribution in [0.2, 0.25) is 0 Å². The van der Waals surface area contributed by atoms with Gasteiger partial charge in [-0.1, -0.05) is 18.2 Å². The van der Waals surface area contributed by atoms with Gasteiger partial charge in [-0.3, -0.25) is 4.68 Å². The number of benzene rings is 1. The lowest BCUT2D eigenvalue weighted by atomic mass is 9.92. The van der Waals surface area contributed by atoms with Crippen molar-refractivity contribution in [2.45, 2.75) is 38.4 Å². The molecule has 5 heteroatoms. The van der Waals surface area contributed by atoms with Crippen LogP contribution in [-0.4, -0.2) is 34.4 Å². The van der Waals surface area contributed by atoms with E-state index in [0.29, 0.717) is 5.88 Å². The molecule has 0 amide bonds. The monoisotopic (exact) mass is 307 g/mol. The number of alkyl halides is 1. The number of ether oxygens (including phenoxy) is 1. The Hall–Kier alpha value is -1.10. The Labute approximate surface area is 130 Å². The molecule has 21 heavy (non-hydrogen) atoms. The third-order valence-corrected chi connectivity index (χ3v) is 4.88. The van der Waals surface area contributed by atoms with E-state index in [2.05, 4.69) is 41.2 Å². The number of nitrogens with zero attached hydrogens (tertiary/aromatic N) is 2. The molecule has 1 aliphatic rings. The van der Waals surface area contributed by atoms with Crippen LogP contribution < -0.4 is 5.32 Å². The van der Waals surface area contributed by atoms with E-state index < -0.39 is 0 Å². The van der Waals surface area contributed by atoms with Crippen molar-refractivity contribution < 1.29 is 4.74 Å². The van der Waals surface area contributed by atoms with E-state index in [-0.39, 0.29) is 5.54 Å². The molecule has 114 valence electrons. The van der Waals surface area contributed by atoms with Crippen molar-refractivity contribution >= 4 is 22.5 Å². The van der Waals surface area contributed by atoms with Crippen LogP contribution in [0.25, 0.3) is 10.9 Å². The number of nitrogens with one attached hydrogen (secondary N) is 1. The SMILES string of the molecule is CCn1nc(CNC2(CCl)CCOCC2)c2ccccc21. The van der Waals surface area contributed by atoms with Crippen LogP contribution in [0, 0.1) is 0 Å². The molecule has 0 saturated carbocycles. The molecule has 0 spiro atoms. The number of rotatable bonds is 5. The summed E-state index contributed by atoms with van der Waals surface area (Å²) in [6.45, 7) is 5.32. The number of halogens is 1. The highest BCUT2D eigenvalue weighted by atomic mass is 35.5. The van der Waals surface area contributed by atoms with Crippen molar-refractivity contribution in [1.82, 2.24) is 15.1 Å². The molecule has 4 nitrogen and oxygen atoms in total. The molecule has 2 heterocycles. The van der Waals surface area contributed by atoms with Crippen LogP contribution in [0.15, 0.2) is 24.3 Å². The van der Waals surface area contributed by atoms with Gasteiger partial charge in [-0.2, -0.15) is 5.10 Å². The van der Waals surface area contributed by atoms with E-state index in [1.165, 1.54) is 10.9 Å². The number of fused-ring (bicyclic) bond motifs is 1. The first-order valence-electron chi connectivity index (χ1n) is 7.61. The summed E-state index contributed by atoms with van der Waals surface area (Å²) < 4.78 is 7.51. The Morgan fingerprint density at radius 3 is 2.81 bits per heavy atom. The fourth-order valence-electron chi connectivity index (χ4n) is 2.96. The molecule has 1 aromatic carbocycles. The average Bonchev–Trinajstić information content (AvgIpc) is 2.92. The minimum atomic E-state index is -0.0170. The molecule has 0 bridgehead atoms. The Morgan fingerprint density at radius 1 is 1.33 bits per heavy atom. The van der Waals surface area contributed by atoms with Crippen LogP contribution in [0.5, 0.6) is 0 Å². The zero-order valence-electron chi connectivity index (χ0n) is 12.4. The predicted molar refractivity (Wildman–Crippen MR) is 85.8 cm³/mol. The molecule has 0 atom stereocenters. The fraction of sp³-hybridized carbons (Fsp3) is 0.562. The van der Waals surface area contributed by atoms with Crippen molar-refractivity contribution in [1.29, 1.82) is 0 Å². The van der Waals surface area contributed by atoms with E-state index >= 15 is 0 Å². The molecule has 1 saturated heterocycles. The molecule has 0 radical (unpaired) electrons. The maximum Gasteiger partial charge on any atom is 0.0841 e. The lowest BCUT2D eigenvalue weighted by molar-refractivity contribution is 0.0458. The predicted octanol–water partition coefficient (Wildman–Crippen LogP) is 2.93. The zero-order valence-corrected chi connectivity index (χ0v) is 13.2. The molecular formula is C16H22ClN3O. The number of hydrogen-bond acceptors (Lipinski definition) is 3. The summed E-state index contributed by atoms with van der Waals surface area (Å²) in [5.41, 5.74) is 2.28. The van der Waals surface area contributed by atoms with Crippen LogP contribution in [-0.2, 0) is 17.8 Å². The molecule has 1 fully saturated rings.